The molecule has 21 heavy (non-hydrogen) atoms. The first-order valence-electron chi connectivity index (χ1n) is 7.18. The van der Waals surface area contributed by atoms with Gasteiger partial charge in [-0.15, -0.1) is 0 Å². The van der Waals surface area contributed by atoms with Crippen LogP contribution in [0.5, 0.6) is 0 Å². The second-order valence-electron chi connectivity index (χ2n) is 5.57. The fourth-order valence-corrected chi connectivity index (χ4v) is 2.76. The topological polar surface area (TPSA) is 54.0 Å². The number of nitrogens with one attached hydrogen (secondary N) is 2. The summed E-state index contributed by atoms with van der Waals surface area (Å²) in [4.78, 5) is 16.7. The number of hydrogen-bond acceptors (Lipinski definition) is 3. The second-order valence-corrected chi connectivity index (χ2v) is 5.57. The lowest BCUT2D eigenvalue weighted by Crippen LogP contribution is -2.44. The highest BCUT2D eigenvalue weighted by atomic mass is 16.2. The van der Waals surface area contributed by atoms with E-state index >= 15 is 0 Å². The predicted octanol–water partition coefficient (Wildman–Crippen LogP) is 2.35. The average molecular weight is 281 g/mol. The van der Waals surface area contributed by atoms with Crippen LogP contribution in [0.3, 0.4) is 0 Å². The van der Waals surface area contributed by atoms with Crippen LogP contribution in [0.2, 0.25) is 0 Å². The molecule has 0 bridgehead atoms. The largest absolute Gasteiger partial charge is 0.309 e. The molecule has 1 amide bonds. The minimum Gasteiger partial charge on any atom is -0.309 e. The molecule has 108 valence electrons. The number of amides is 1. The van der Waals surface area contributed by atoms with Gasteiger partial charge in [-0.3, -0.25) is 4.79 Å². The SMILES string of the molecule is Cc1cc(C)nc(NC(=O)[C@@H]2Cc3ccccc3CN2)c1. The van der Waals surface area contributed by atoms with Crippen molar-refractivity contribution in [3.05, 3.63) is 58.8 Å². The Hall–Kier alpha value is -2.20. The van der Waals surface area contributed by atoms with Gasteiger partial charge in [0.25, 0.3) is 0 Å². The van der Waals surface area contributed by atoms with Gasteiger partial charge in [0, 0.05) is 12.2 Å². The van der Waals surface area contributed by atoms with Gasteiger partial charge in [-0.1, -0.05) is 24.3 Å². The highest BCUT2D eigenvalue weighted by Gasteiger charge is 2.24. The van der Waals surface area contributed by atoms with Crippen LogP contribution in [0, 0.1) is 13.8 Å². The summed E-state index contributed by atoms with van der Waals surface area (Å²) in [5.41, 5.74) is 4.52. The summed E-state index contributed by atoms with van der Waals surface area (Å²) >= 11 is 0. The van der Waals surface area contributed by atoms with Crippen molar-refractivity contribution in [2.75, 3.05) is 5.32 Å². The van der Waals surface area contributed by atoms with Gasteiger partial charge in [0.1, 0.15) is 5.82 Å². The highest BCUT2D eigenvalue weighted by Crippen LogP contribution is 2.17. The molecule has 2 aromatic rings. The molecule has 1 aliphatic rings. The fraction of sp³-hybridized carbons (Fsp3) is 0.294. The Morgan fingerprint density at radius 2 is 2.00 bits per heavy atom. The quantitative estimate of drug-likeness (QED) is 0.888. The third-order valence-corrected chi connectivity index (χ3v) is 3.75. The molecule has 0 unspecified atom stereocenters. The summed E-state index contributed by atoms with van der Waals surface area (Å²) in [7, 11) is 0. The molecule has 4 nitrogen and oxygen atoms in total. The van der Waals surface area contributed by atoms with Crippen LogP contribution in [0.25, 0.3) is 0 Å². The molecule has 0 saturated carbocycles. The van der Waals surface area contributed by atoms with E-state index < -0.39 is 0 Å². The minimum absolute atomic E-state index is 0.0259. The molecule has 0 fully saturated rings. The van der Waals surface area contributed by atoms with E-state index in [2.05, 4.69) is 27.8 Å². The zero-order valence-corrected chi connectivity index (χ0v) is 12.3. The Balaban J connectivity index is 1.72. The lowest BCUT2D eigenvalue weighted by Gasteiger charge is -2.25. The number of hydrogen-bond donors (Lipinski definition) is 2. The first kappa shape index (κ1) is 13.8. The van der Waals surface area contributed by atoms with E-state index in [-0.39, 0.29) is 11.9 Å². The van der Waals surface area contributed by atoms with Crippen molar-refractivity contribution in [2.24, 2.45) is 0 Å². The molecule has 1 aromatic heterocycles. The van der Waals surface area contributed by atoms with Crippen LogP contribution < -0.4 is 10.6 Å². The van der Waals surface area contributed by atoms with Gasteiger partial charge in [0.15, 0.2) is 0 Å². The van der Waals surface area contributed by atoms with Gasteiger partial charge in [0.05, 0.1) is 6.04 Å². The number of rotatable bonds is 2. The molecular weight excluding hydrogens is 262 g/mol. The van der Waals surface area contributed by atoms with E-state index in [0.29, 0.717) is 12.2 Å². The molecule has 1 aromatic carbocycles. The molecule has 2 N–H and O–H groups in total. The highest BCUT2D eigenvalue weighted by molar-refractivity contribution is 5.94. The van der Waals surface area contributed by atoms with Crippen LogP contribution in [-0.2, 0) is 17.8 Å². The van der Waals surface area contributed by atoms with Gasteiger partial charge in [0.2, 0.25) is 5.91 Å². The first-order valence-corrected chi connectivity index (χ1v) is 7.18. The lowest BCUT2D eigenvalue weighted by molar-refractivity contribution is -0.118. The number of benzene rings is 1. The molecule has 0 saturated heterocycles. The second kappa shape index (κ2) is 5.66. The maximum atomic E-state index is 12.4. The van der Waals surface area contributed by atoms with Crippen LogP contribution in [0.1, 0.15) is 22.4 Å². The van der Waals surface area contributed by atoms with Crippen LogP contribution in [-0.4, -0.2) is 16.9 Å². The normalized spacial score (nSPS) is 17.1. The molecule has 1 atom stereocenters. The monoisotopic (exact) mass is 281 g/mol. The fourth-order valence-electron chi connectivity index (χ4n) is 2.76. The number of carbonyl (C=O) groups excluding carboxylic acids is 1. The molecule has 0 spiro atoms. The summed E-state index contributed by atoms with van der Waals surface area (Å²) in [6.07, 6.45) is 0.715. The zero-order valence-electron chi connectivity index (χ0n) is 12.3. The van der Waals surface area contributed by atoms with Gasteiger partial charge in [-0.05, 0) is 49.1 Å². The molecule has 0 radical (unpaired) electrons. The maximum Gasteiger partial charge on any atom is 0.243 e. The van der Waals surface area contributed by atoms with E-state index in [1.807, 2.05) is 38.1 Å². The Kier molecular flexibility index (Phi) is 3.71. The molecular formula is C17H19N3O. The number of aryl methyl sites for hydroxylation is 2. The van der Waals surface area contributed by atoms with Crippen LogP contribution in [0.15, 0.2) is 36.4 Å². The number of anilines is 1. The lowest BCUT2D eigenvalue weighted by atomic mass is 9.95. The van der Waals surface area contributed by atoms with E-state index in [1.165, 1.54) is 11.1 Å². The van der Waals surface area contributed by atoms with E-state index in [9.17, 15) is 4.79 Å². The number of nitrogens with zero attached hydrogens (tertiary/aromatic N) is 1. The third kappa shape index (κ3) is 3.11. The molecule has 3 rings (SSSR count). The Morgan fingerprint density at radius 1 is 1.24 bits per heavy atom. The summed E-state index contributed by atoms with van der Waals surface area (Å²) in [5, 5.41) is 6.20. The van der Waals surface area contributed by atoms with E-state index in [1.54, 1.807) is 0 Å². The van der Waals surface area contributed by atoms with Crippen molar-refractivity contribution in [3.8, 4) is 0 Å². The standard InChI is InChI=1S/C17H19N3O/c1-11-7-12(2)19-16(8-11)20-17(21)15-9-13-5-3-4-6-14(13)10-18-15/h3-8,15,18H,9-10H2,1-2H3,(H,19,20,21)/t15-/m0/s1. The van der Waals surface area contributed by atoms with Crippen molar-refractivity contribution >= 4 is 11.7 Å². The molecule has 2 heterocycles. The molecule has 4 heteroatoms. The van der Waals surface area contributed by atoms with Gasteiger partial charge < -0.3 is 10.6 Å². The van der Waals surface area contributed by atoms with Crippen molar-refractivity contribution in [2.45, 2.75) is 32.9 Å². The van der Waals surface area contributed by atoms with E-state index in [4.69, 9.17) is 0 Å². The van der Waals surface area contributed by atoms with Gasteiger partial charge in [-0.25, -0.2) is 4.98 Å². The Labute approximate surface area is 124 Å². The average Bonchev–Trinajstić information content (AvgIpc) is 2.45. The number of fused-ring (bicyclic) bond motifs is 1. The summed E-state index contributed by atoms with van der Waals surface area (Å²) in [5.74, 6) is 0.597. The van der Waals surface area contributed by atoms with Gasteiger partial charge >= 0.3 is 0 Å². The van der Waals surface area contributed by atoms with Crippen molar-refractivity contribution in [3.63, 3.8) is 0 Å². The first-order chi connectivity index (χ1) is 10.1. The molecule has 0 aliphatic carbocycles. The maximum absolute atomic E-state index is 12.4. The van der Waals surface area contributed by atoms with Crippen molar-refractivity contribution < 1.29 is 4.79 Å². The predicted molar refractivity (Wildman–Crippen MR) is 83.1 cm³/mol. The smallest absolute Gasteiger partial charge is 0.243 e. The van der Waals surface area contributed by atoms with Gasteiger partial charge in [-0.2, -0.15) is 0 Å². The minimum atomic E-state index is -0.206. The number of carbonyl (C=O) groups is 1. The van der Waals surface area contributed by atoms with Crippen LogP contribution >= 0.6 is 0 Å². The Morgan fingerprint density at radius 3 is 2.76 bits per heavy atom. The number of aromatic nitrogens is 1. The van der Waals surface area contributed by atoms with E-state index in [0.717, 1.165) is 17.8 Å². The summed E-state index contributed by atoms with van der Waals surface area (Å²) in [6.45, 7) is 4.66. The molecule has 1 aliphatic heterocycles. The summed E-state index contributed by atoms with van der Waals surface area (Å²) in [6, 6.07) is 11.9. The summed E-state index contributed by atoms with van der Waals surface area (Å²) < 4.78 is 0. The van der Waals surface area contributed by atoms with Crippen LogP contribution in [0.4, 0.5) is 5.82 Å². The number of pyridine rings is 1. The van der Waals surface area contributed by atoms with Crippen molar-refractivity contribution in [1.82, 2.24) is 10.3 Å². The zero-order chi connectivity index (χ0) is 14.8. The van der Waals surface area contributed by atoms with Crippen molar-refractivity contribution in [1.29, 1.82) is 0 Å². The Bertz CT molecular complexity index is 661. The third-order valence-electron chi connectivity index (χ3n) is 3.75.